The number of aromatic carboxylic acids is 1. The maximum absolute atomic E-state index is 10.7. The molecular formula is C9H11N3O2. The zero-order valence-corrected chi connectivity index (χ0v) is 7.60. The van der Waals surface area contributed by atoms with Crippen molar-refractivity contribution in [2.24, 2.45) is 0 Å². The van der Waals surface area contributed by atoms with Crippen LogP contribution >= 0.6 is 0 Å². The molecule has 5 nitrogen and oxygen atoms in total. The SMILES string of the molecule is C=CCNCc1ncncc1C(=O)O. The van der Waals surface area contributed by atoms with Crippen LogP contribution in [0.5, 0.6) is 0 Å². The summed E-state index contributed by atoms with van der Waals surface area (Å²) in [6.07, 6.45) is 4.32. The second-order valence-corrected chi connectivity index (χ2v) is 2.61. The summed E-state index contributed by atoms with van der Waals surface area (Å²) in [4.78, 5) is 18.3. The topological polar surface area (TPSA) is 75.1 Å². The van der Waals surface area contributed by atoms with Gasteiger partial charge >= 0.3 is 5.97 Å². The molecule has 0 fully saturated rings. The molecule has 0 atom stereocenters. The summed E-state index contributed by atoms with van der Waals surface area (Å²) in [6.45, 7) is 4.55. The summed E-state index contributed by atoms with van der Waals surface area (Å²) < 4.78 is 0. The molecule has 1 aromatic rings. The van der Waals surface area contributed by atoms with Crippen molar-refractivity contribution in [3.8, 4) is 0 Å². The van der Waals surface area contributed by atoms with Crippen LogP contribution in [0.2, 0.25) is 0 Å². The van der Waals surface area contributed by atoms with E-state index in [2.05, 4.69) is 21.9 Å². The van der Waals surface area contributed by atoms with Gasteiger partial charge in [0.05, 0.1) is 5.69 Å². The van der Waals surface area contributed by atoms with E-state index in [-0.39, 0.29) is 5.56 Å². The van der Waals surface area contributed by atoms with Crippen molar-refractivity contribution in [2.45, 2.75) is 6.54 Å². The molecule has 74 valence electrons. The summed E-state index contributed by atoms with van der Waals surface area (Å²) in [6, 6.07) is 0. The minimum atomic E-state index is -1.01. The van der Waals surface area contributed by atoms with Crippen LogP contribution in [-0.2, 0) is 6.54 Å². The Morgan fingerprint density at radius 2 is 2.50 bits per heavy atom. The second kappa shape index (κ2) is 5.08. The Morgan fingerprint density at radius 3 is 3.14 bits per heavy atom. The summed E-state index contributed by atoms with van der Waals surface area (Å²) in [5, 5.41) is 11.8. The number of carbonyl (C=O) groups is 1. The minimum Gasteiger partial charge on any atom is -0.478 e. The molecule has 0 aliphatic carbocycles. The lowest BCUT2D eigenvalue weighted by atomic mass is 10.2. The Balaban J connectivity index is 2.74. The quantitative estimate of drug-likeness (QED) is 0.524. The first-order valence-electron chi connectivity index (χ1n) is 4.09. The van der Waals surface area contributed by atoms with E-state index in [4.69, 9.17) is 5.11 Å². The third-order valence-electron chi connectivity index (χ3n) is 1.61. The van der Waals surface area contributed by atoms with Crippen molar-refractivity contribution < 1.29 is 9.90 Å². The maximum atomic E-state index is 10.7. The Bertz CT molecular complexity index is 339. The van der Waals surface area contributed by atoms with Crippen LogP contribution in [0.3, 0.4) is 0 Å². The summed E-state index contributed by atoms with van der Waals surface area (Å²) in [7, 11) is 0. The molecule has 1 heterocycles. The molecule has 0 aliphatic heterocycles. The molecule has 14 heavy (non-hydrogen) atoms. The van der Waals surface area contributed by atoms with Crippen LogP contribution in [0.25, 0.3) is 0 Å². The average molecular weight is 193 g/mol. The predicted molar refractivity (Wildman–Crippen MR) is 50.9 cm³/mol. The van der Waals surface area contributed by atoms with Gasteiger partial charge in [0.2, 0.25) is 0 Å². The van der Waals surface area contributed by atoms with E-state index < -0.39 is 5.97 Å². The van der Waals surface area contributed by atoms with Gasteiger partial charge in [0, 0.05) is 19.3 Å². The number of nitrogens with one attached hydrogen (secondary N) is 1. The zero-order chi connectivity index (χ0) is 10.4. The molecule has 1 aromatic heterocycles. The third-order valence-corrected chi connectivity index (χ3v) is 1.61. The average Bonchev–Trinajstić information content (AvgIpc) is 2.19. The van der Waals surface area contributed by atoms with Crippen molar-refractivity contribution in [3.05, 3.63) is 36.4 Å². The normalized spacial score (nSPS) is 9.71. The molecule has 0 spiro atoms. The molecular weight excluding hydrogens is 182 g/mol. The molecule has 2 N–H and O–H groups in total. The molecule has 0 bridgehead atoms. The van der Waals surface area contributed by atoms with Crippen LogP contribution in [0.15, 0.2) is 25.2 Å². The number of aromatic nitrogens is 2. The Morgan fingerprint density at radius 1 is 1.71 bits per heavy atom. The smallest absolute Gasteiger partial charge is 0.339 e. The van der Waals surface area contributed by atoms with Crippen molar-refractivity contribution in [1.82, 2.24) is 15.3 Å². The highest BCUT2D eigenvalue weighted by molar-refractivity contribution is 5.88. The van der Waals surface area contributed by atoms with Gasteiger partial charge in [-0.05, 0) is 0 Å². The molecule has 1 rings (SSSR count). The van der Waals surface area contributed by atoms with Gasteiger partial charge in [0.15, 0.2) is 0 Å². The van der Waals surface area contributed by atoms with Gasteiger partial charge < -0.3 is 10.4 Å². The van der Waals surface area contributed by atoms with E-state index in [1.54, 1.807) is 6.08 Å². The third kappa shape index (κ3) is 2.63. The van der Waals surface area contributed by atoms with Gasteiger partial charge in [-0.1, -0.05) is 6.08 Å². The monoisotopic (exact) mass is 193 g/mol. The molecule has 0 aliphatic rings. The van der Waals surface area contributed by atoms with E-state index in [0.717, 1.165) is 0 Å². The summed E-state index contributed by atoms with van der Waals surface area (Å²) >= 11 is 0. The number of carboxylic acids is 1. The lowest BCUT2D eigenvalue weighted by Gasteiger charge is -2.03. The first kappa shape index (κ1) is 10.3. The van der Waals surface area contributed by atoms with Gasteiger partial charge in [-0.3, -0.25) is 0 Å². The lowest BCUT2D eigenvalue weighted by molar-refractivity contribution is 0.0694. The molecule has 0 saturated carbocycles. The van der Waals surface area contributed by atoms with Crippen LogP contribution in [0, 0.1) is 0 Å². The van der Waals surface area contributed by atoms with E-state index in [0.29, 0.717) is 18.8 Å². The molecule has 0 amide bonds. The fraction of sp³-hybridized carbons (Fsp3) is 0.222. The van der Waals surface area contributed by atoms with Crippen LogP contribution < -0.4 is 5.32 Å². The van der Waals surface area contributed by atoms with Gasteiger partial charge in [0.1, 0.15) is 11.9 Å². The molecule has 0 saturated heterocycles. The van der Waals surface area contributed by atoms with Crippen molar-refractivity contribution in [2.75, 3.05) is 6.54 Å². The highest BCUT2D eigenvalue weighted by atomic mass is 16.4. The number of hydrogen-bond acceptors (Lipinski definition) is 4. The Labute approximate surface area is 81.5 Å². The molecule has 0 aromatic carbocycles. The fourth-order valence-electron chi connectivity index (χ4n) is 0.967. The molecule has 5 heteroatoms. The minimum absolute atomic E-state index is 0.129. The lowest BCUT2D eigenvalue weighted by Crippen LogP contribution is -2.17. The Kier molecular flexibility index (Phi) is 3.75. The summed E-state index contributed by atoms with van der Waals surface area (Å²) in [5.74, 6) is -1.01. The Hall–Kier alpha value is -1.75. The van der Waals surface area contributed by atoms with E-state index in [1.165, 1.54) is 12.5 Å². The van der Waals surface area contributed by atoms with Gasteiger partial charge in [-0.15, -0.1) is 6.58 Å². The maximum Gasteiger partial charge on any atom is 0.339 e. The number of nitrogens with zero attached hydrogens (tertiary/aromatic N) is 2. The number of hydrogen-bond donors (Lipinski definition) is 2. The van der Waals surface area contributed by atoms with E-state index in [1.807, 2.05) is 0 Å². The molecule has 0 unspecified atom stereocenters. The highest BCUT2D eigenvalue weighted by Crippen LogP contribution is 2.02. The standard InChI is InChI=1S/C9H11N3O2/c1-2-3-10-5-8-7(9(13)14)4-11-6-12-8/h2,4,6,10H,1,3,5H2,(H,13,14). The van der Waals surface area contributed by atoms with Crippen molar-refractivity contribution in [3.63, 3.8) is 0 Å². The first-order chi connectivity index (χ1) is 6.75. The van der Waals surface area contributed by atoms with E-state index in [9.17, 15) is 4.79 Å². The molecule has 0 radical (unpaired) electrons. The second-order valence-electron chi connectivity index (χ2n) is 2.61. The largest absolute Gasteiger partial charge is 0.478 e. The van der Waals surface area contributed by atoms with Crippen LogP contribution in [0.1, 0.15) is 16.1 Å². The fourth-order valence-corrected chi connectivity index (χ4v) is 0.967. The predicted octanol–water partition coefficient (Wildman–Crippen LogP) is 0.450. The summed E-state index contributed by atoms with van der Waals surface area (Å²) in [5.41, 5.74) is 0.610. The number of rotatable bonds is 5. The zero-order valence-electron chi connectivity index (χ0n) is 7.60. The van der Waals surface area contributed by atoms with Crippen LogP contribution in [-0.4, -0.2) is 27.6 Å². The van der Waals surface area contributed by atoms with Gasteiger partial charge in [-0.25, -0.2) is 14.8 Å². The van der Waals surface area contributed by atoms with Crippen LogP contribution in [0.4, 0.5) is 0 Å². The van der Waals surface area contributed by atoms with Crippen molar-refractivity contribution >= 4 is 5.97 Å². The first-order valence-corrected chi connectivity index (χ1v) is 4.09. The highest BCUT2D eigenvalue weighted by Gasteiger charge is 2.09. The number of carboxylic acid groups (broad SMARTS) is 1. The van der Waals surface area contributed by atoms with Gasteiger partial charge in [0.25, 0.3) is 0 Å². The van der Waals surface area contributed by atoms with E-state index >= 15 is 0 Å². The van der Waals surface area contributed by atoms with Gasteiger partial charge in [-0.2, -0.15) is 0 Å². The van der Waals surface area contributed by atoms with Crippen molar-refractivity contribution in [1.29, 1.82) is 0 Å².